The van der Waals surface area contributed by atoms with Crippen molar-refractivity contribution < 1.29 is 12.6 Å². The standard InChI is InChI=1S/C10H18O3S/c1-3-5-9-13-14(11,12)10(6-4-2)7-8-10/h4H,2-3,5-9H2,1H3. The van der Waals surface area contributed by atoms with Crippen molar-refractivity contribution in [2.24, 2.45) is 0 Å². The van der Waals surface area contributed by atoms with Gasteiger partial charge in [-0.2, -0.15) is 8.42 Å². The first-order valence-electron chi connectivity index (χ1n) is 5.08. The second-order valence-electron chi connectivity index (χ2n) is 3.81. The van der Waals surface area contributed by atoms with Crippen LogP contribution >= 0.6 is 0 Å². The van der Waals surface area contributed by atoms with Crippen molar-refractivity contribution in [3.8, 4) is 0 Å². The predicted molar refractivity (Wildman–Crippen MR) is 56.6 cm³/mol. The van der Waals surface area contributed by atoms with Crippen LogP contribution in [0.25, 0.3) is 0 Å². The summed E-state index contributed by atoms with van der Waals surface area (Å²) >= 11 is 0. The SMILES string of the molecule is C=CCC1(S(=O)(=O)OCCCC)CC1. The van der Waals surface area contributed by atoms with E-state index in [1.54, 1.807) is 6.08 Å². The zero-order valence-corrected chi connectivity index (χ0v) is 9.48. The molecule has 0 aromatic rings. The van der Waals surface area contributed by atoms with Gasteiger partial charge in [-0.05, 0) is 25.7 Å². The highest BCUT2D eigenvalue weighted by Gasteiger charge is 2.54. The number of hydrogen-bond donors (Lipinski definition) is 0. The van der Waals surface area contributed by atoms with Crippen LogP contribution in [0.1, 0.15) is 39.0 Å². The maximum atomic E-state index is 11.7. The Morgan fingerprint density at radius 3 is 2.57 bits per heavy atom. The topological polar surface area (TPSA) is 43.4 Å². The van der Waals surface area contributed by atoms with Crippen LogP contribution in [0.2, 0.25) is 0 Å². The highest BCUT2D eigenvalue weighted by Crippen LogP contribution is 2.47. The van der Waals surface area contributed by atoms with E-state index < -0.39 is 14.9 Å². The molecule has 1 fully saturated rings. The van der Waals surface area contributed by atoms with E-state index in [2.05, 4.69) is 6.58 Å². The lowest BCUT2D eigenvalue weighted by Gasteiger charge is -2.13. The van der Waals surface area contributed by atoms with Crippen molar-refractivity contribution in [2.75, 3.05) is 6.61 Å². The van der Waals surface area contributed by atoms with E-state index in [0.29, 0.717) is 25.9 Å². The van der Waals surface area contributed by atoms with Crippen molar-refractivity contribution in [2.45, 2.75) is 43.8 Å². The van der Waals surface area contributed by atoms with E-state index in [0.717, 1.165) is 12.8 Å². The fraction of sp³-hybridized carbons (Fsp3) is 0.800. The lowest BCUT2D eigenvalue weighted by molar-refractivity contribution is 0.303. The molecule has 1 aliphatic carbocycles. The number of allylic oxidation sites excluding steroid dienone is 1. The lowest BCUT2D eigenvalue weighted by Crippen LogP contribution is -2.25. The van der Waals surface area contributed by atoms with E-state index in [9.17, 15) is 8.42 Å². The van der Waals surface area contributed by atoms with Gasteiger partial charge in [0.2, 0.25) is 0 Å². The average molecular weight is 218 g/mol. The summed E-state index contributed by atoms with van der Waals surface area (Å²) in [4.78, 5) is 0. The van der Waals surface area contributed by atoms with Crippen LogP contribution in [0, 0.1) is 0 Å². The zero-order chi connectivity index (χ0) is 10.7. The summed E-state index contributed by atoms with van der Waals surface area (Å²) in [6, 6.07) is 0. The van der Waals surface area contributed by atoms with E-state index in [-0.39, 0.29) is 0 Å². The summed E-state index contributed by atoms with van der Waals surface area (Å²) in [5.41, 5.74) is 0. The van der Waals surface area contributed by atoms with Crippen LogP contribution < -0.4 is 0 Å². The molecule has 82 valence electrons. The first-order chi connectivity index (χ1) is 6.58. The minimum Gasteiger partial charge on any atom is -0.270 e. The van der Waals surface area contributed by atoms with Gasteiger partial charge in [-0.15, -0.1) is 6.58 Å². The van der Waals surface area contributed by atoms with Gasteiger partial charge in [-0.3, -0.25) is 4.18 Å². The highest BCUT2D eigenvalue weighted by atomic mass is 32.2. The second-order valence-corrected chi connectivity index (χ2v) is 5.82. The maximum Gasteiger partial charge on any atom is 0.273 e. The quantitative estimate of drug-likeness (QED) is 0.374. The second kappa shape index (κ2) is 4.45. The van der Waals surface area contributed by atoms with Gasteiger partial charge in [0.05, 0.1) is 6.61 Å². The molecule has 0 spiro atoms. The molecular formula is C10H18O3S. The Labute approximate surface area is 86.3 Å². The zero-order valence-electron chi connectivity index (χ0n) is 8.66. The molecule has 14 heavy (non-hydrogen) atoms. The normalized spacial score (nSPS) is 19.2. The van der Waals surface area contributed by atoms with Crippen molar-refractivity contribution in [1.82, 2.24) is 0 Å². The first kappa shape index (κ1) is 11.7. The third-order valence-electron chi connectivity index (χ3n) is 2.59. The predicted octanol–water partition coefficient (Wildman–Crippen LogP) is 2.24. The van der Waals surface area contributed by atoms with Crippen LogP contribution in [-0.2, 0) is 14.3 Å². The number of rotatable bonds is 7. The van der Waals surface area contributed by atoms with E-state index in [4.69, 9.17) is 4.18 Å². The van der Waals surface area contributed by atoms with Gasteiger partial charge in [-0.25, -0.2) is 0 Å². The first-order valence-corrected chi connectivity index (χ1v) is 6.49. The largest absolute Gasteiger partial charge is 0.273 e. The van der Waals surface area contributed by atoms with E-state index >= 15 is 0 Å². The summed E-state index contributed by atoms with van der Waals surface area (Å²) in [6.07, 6.45) is 5.35. The molecule has 0 bridgehead atoms. The summed E-state index contributed by atoms with van der Waals surface area (Å²) in [7, 11) is -3.35. The Morgan fingerprint density at radius 1 is 1.50 bits per heavy atom. The van der Waals surface area contributed by atoms with Crippen LogP contribution in [-0.4, -0.2) is 19.8 Å². The Kier molecular flexibility index (Phi) is 3.72. The molecule has 4 heteroatoms. The molecule has 0 radical (unpaired) electrons. The van der Waals surface area contributed by atoms with Gasteiger partial charge in [0, 0.05) is 0 Å². The molecule has 3 nitrogen and oxygen atoms in total. The van der Waals surface area contributed by atoms with E-state index in [1.807, 2.05) is 6.92 Å². The van der Waals surface area contributed by atoms with Crippen LogP contribution in [0.3, 0.4) is 0 Å². The molecule has 1 saturated carbocycles. The molecule has 0 amide bonds. The molecule has 0 aromatic carbocycles. The van der Waals surface area contributed by atoms with Crippen molar-refractivity contribution in [3.63, 3.8) is 0 Å². The summed E-state index contributed by atoms with van der Waals surface area (Å²) in [5, 5.41) is 0. The number of hydrogen-bond acceptors (Lipinski definition) is 3. The molecule has 1 rings (SSSR count). The summed E-state index contributed by atoms with van der Waals surface area (Å²) in [6.45, 7) is 5.90. The molecule has 0 aliphatic heterocycles. The molecule has 0 saturated heterocycles. The van der Waals surface area contributed by atoms with Gasteiger partial charge in [0.1, 0.15) is 4.75 Å². The van der Waals surface area contributed by atoms with Gasteiger partial charge < -0.3 is 0 Å². The summed E-state index contributed by atoms with van der Waals surface area (Å²) < 4.78 is 27.8. The Hall–Kier alpha value is -0.350. The summed E-state index contributed by atoms with van der Waals surface area (Å²) in [5.74, 6) is 0. The van der Waals surface area contributed by atoms with Gasteiger partial charge in [-0.1, -0.05) is 19.4 Å². The third-order valence-corrected chi connectivity index (χ3v) is 4.70. The number of unbranched alkanes of at least 4 members (excludes halogenated alkanes) is 1. The maximum absolute atomic E-state index is 11.7. The van der Waals surface area contributed by atoms with Crippen LogP contribution in [0.5, 0.6) is 0 Å². The minimum atomic E-state index is -3.35. The highest BCUT2D eigenvalue weighted by molar-refractivity contribution is 7.88. The van der Waals surface area contributed by atoms with Gasteiger partial charge in [0.25, 0.3) is 10.1 Å². The molecule has 0 N–H and O–H groups in total. The molecular weight excluding hydrogens is 200 g/mol. The van der Waals surface area contributed by atoms with Crippen molar-refractivity contribution in [3.05, 3.63) is 12.7 Å². The van der Waals surface area contributed by atoms with Crippen LogP contribution in [0.15, 0.2) is 12.7 Å². The van der Waals surface area contributed by atoms with Gasteiger partial charge in [0.15, 0.2) is 0 Å². The Balaban J connectivity index is 2.52. The molecule has 0 aromatic heterocycles. The van der Waals surface area contributed by atoms with Crippen LogP contribution in [0.4, 0.5) is 0 Å². The molecule has 1 aliphatic rings. The van der Waals surface area contributed by atoms with Crippen molar-refractivity contribution in [1.29, 1.82) is 0 Å². The Morgan fingerprint density at radius 2 is 2.14 bits per heavy atom. The van der Waals surface area contributed by atoms with E-state index in [1.165, 1.54) is 0 Å². The fourth-order valence-corrected chi connectivity index (χ4v) is 2.91. The van der Waals surface area contributed by atoms with Gasteiger partial charge >= 0.3 is 0 Å². The monoisotopic (exact) mass is 218 g/mol. The minimum absolute atomic E-state index is 0.317. The molecule has 0 atom stereocenters. The molecule has 0 heterocycles. The Bertz CT molecular complexity index is 288. The molecule has 0 unspecified atom stereocenters. The fourth-order valence-electron chi connectivity index (χ4n) is 1.40. The average Bonchev–Trinajstić information content (AvgIpc) is 2.87. The van der Waals surface area contributed by atoms with Crippen molar-refractivity contribution >= 4 is 10.1 Å². The lowest BCUT2D eigenvalue weighted by atomic mass is 10.3. The smallest absolute Gasteiger partial charge is 0.270 e. The third kappa shape index (κ3) is 2.36.